The molecule has 0 saturated carbocycles. The van der Waals surface area contributed by atoms with Crippen LogP contribution in [0.25, 0.3) is 21.3 Å². The van der Waals surface area contributed by atoms with Crippen LogP contribution in [0.5, 0.6) is 5.75 Å². The van der Waals surface area contributed by atoms with Gasteiger partial charge in [0, 0.05) is 0 Å². The number of benzene rings is 3. The Labute approximate surface area is 160 Å². The van der Waals surface area contributed by atoms with E-state index in [9.17, 15) is 10.1 Å². The molecular formula is C22H16N2O2S. The SMILES string of the molecule is COc1ccc(Cn2c(=O)sc3cc(-c4ccccc4C#N)ccc32)cc1. The summed E-state index contributed by atoms with van der Waals surface area (Å²) >= 11 is 1.23. The molecule has 0 radical (unpaired) electrons. The van der Waals surface area contributed by atoms with Crippen molar-refractivity contribution in [1.29, 1.82) is 5.26 Å². The van der Waals surface area contributed by atoms with Crippen LogP contribution in [-0.4, -0.2) is 11.7 Å². The van der Waals surface area contributed by atoms with Crippen molar-refractivity contribution in [1.82, 2.24) is 4.57 Å². The number of nitriles is 1. The second kappa shape index (κ2) is 7.10. The number of hydrogen-bond donors (Lipinski definition) is 0. The minimum absolute atomic E-state index is 0.00605. The van der Waals surface area contributed by atoms with Gasteiger partial charge < -0.3 is 4.74 Å². The molecule has 0 aliphatic rings. The molecule has 0 amide bonds. The van der Waals surface area contributed by atoms with E-state index >= 15 is 0 Å². The lowest BCUT2D eigenvalue weighted by molar-refractivity contribution is 0.414. The third-order valence-electron chi connectivity index (χ3n) is 4.53. The molecule has 27 heavy (non-hydrogen) atoms. The third-order valence-corrected chi connectivity index (χ3v) is 5.47. The summed E-state index contributed by atoms with van der Waals surface area (Å²) in [5, 5.41) is 9.33. The fraction of sp³-hybridized carbons (Fsp3) is 0.0909. The molecule has 0 atom stereocenters. The first-order valence-corrected chi connectivity index (χ1v) is 9.27. The van der Waals surface area contributed by atoms with Gasteiger partial charge in [0.25, 0.3) is 0 Å². The summed E-state index contributed by atoms with van der Waals surface area (Å²) in [4.78, 5) is 12.5. The van der Waals surface area contributed by atoms with E-state index in [4.69, 9.17) is 4.74 Å². The number of hydrogen-bond acceptors (Lipinski definition) is 4. The average molecular weight is 372 g/mol. The van der Waals surface area contributed by atoms with E-state index in [1.807, 2.05) is 60.7 Å². The minimum Gasteiger partial charge on any atom is -0.497 e. The van der Waals surface area contributed by atoms with Gasteiger partial charge in [0.1, 0.15) is 5.75 Å². The Morgan fingerprint density at radius 3 is 2.59 bits per heavy atom. The normalized spacial score (nSPS) is 10.7. The van der Waals surface area contributed by atoms with Crippen molar-refractivity contribution in [2.75, 3.05) is 7.11 Å². The van der Waals surface area contributed by atoms with Gasteiger partial charge >= 0.3 is 4.87 Å². The van der Waals surface area contributed by atoms with E-state index in [-0.39, 0.29) is 4.87 Å². The van der Waals surface area contributed by atoms with Crippen molar-refractivity contribution in [3.8, 4) is 22.9 Å². The molecule has 0 N–H and O–H groups in total. The predicted molar refractivity (Wildman–Crippen MR) is 108 cm³/mol. The maximum absolute atomic E-state index is 12.5. The number of thiazole rings is 1. The molecule has 1 heterocycles. The zero-order valence-corrected chi connectivity index (χ0v) is 15.5. The maximum atomic E-state index is 12.5. The van der Waals surface area contributed by atoms with Crippen molar-refractivity contribution in [2.24, 2.45) is 0 Å². The van der Waals surface area contributed by atoms with Crippen molar-refractivity contribution in [2.45, 2.75) is 6.54 Å². The molecule has 1 aromatic heterocycles. The highest BCUT2D eigenvalue weighted by atomic mass is 32.1. The van der Waals surface area contributed by atoms with Crippen LogP contribution < -0.4 is 9.61 Å². The van der Waals surface area contributed by atoms with Gasteiger partial charge in [-0.25, -0.2) is 0 Å². The van der Waals surface area contributed by atoms with Crippen LogP contribution in [0.1, 0.15) is 11.1 Å². The smallest absolute Gasteiger partial charge is 0.308 e. The zero-order valence-electron chi connectivity index (χ0n) is 14.7. The van der Waals surface area contributed by atoms with Gasteiger partial charge in [-0.2, -0.15) is 5.26 Å². The molecule has 0 spiro atoms. The van der Waals surface area contributed by atoms with Crippen LogP contribution in [-0.2, 0) is 6.54 Å². The Morgan fingerprint density at radius 1 is 1.07 bits per heavy atom. The van der Waals surface area contributed by atoms with Gasteiger partial charge in [-0.3, -0.25) is 9.36 Å². The maximum Gasteiger partial charge on any atom is 0.308 e. The average Bonchev–Trinajstić information content (AvgIpc) is 3.03. The summed E-state index contributed by atoms with van der Waals surface area (Å²) in [7, 11) is 1.63. The molecule has 0 unspecified atom stereocenters. The van der Waals surface area contributed by atoms with Crippen LogP contribution in [0.15, 0.2) is 71.5 Å². The Kier molecular flexibility index (Phi) is 4.49. The van der Waals surface area contributed by atoms with E-state index < -0.39 is 0 Å². The monoisotopic (exact) mass is 372 g/mol. The molecular weight excluding hydrogens is 356 g/mol. The molecule has 3 aromatic carbocycles. The number of nitrogens with zero attached hydrogens (tertiary/aromatic N) is 2. The van der Waals surface area contributed by atoms with Crippen LogP contribution >= 0.6 is 11.3 Å². The molecule has 0 bridgehead atoms. The molecule has 0 aliphatic carbocycles. The standard InChI is InChI=1S/C22H16N2O2S/c1-26-18-9-6-15(7-10-18)14-24-20-11-8-16(12-21(20)27-22(24)25)19-5-3-2-4-17(19)13-23/h2-12H,14H2,1H3. The summed E-state index contributed by atoms with van der Waals surface area (Å²) in [6.07, 6.45) is 0. The van der Waals surface area contributed by atoms with Crippen molar-refractivity contribution < 1.29 is 4.74 Å². The highest BCUT2D eigenvalue weighted by Crippen LogP contribution is 2.28. The van der Waals surface area contributed by atoms with Crippen molar-refractivity contribution in [3.63, 3.8) is 0 Å². The molecule has 132 valence electrons. The number of aromatic nitrogens is 1. The Morgan fingerprint density at radius 2 is 1.85 bits per heavy atom. The van der Waals surface area contributed by atoms with Gasteiger partial charge in [0.15, 0.2) is 0 Å². The molecule has 0 aliphatic heterocycles. The summed E-state index contributed by atoms with van der Waals surface area (Å²) < 4.78 is 7.88. The second-order valence-electron chi connectivity index (χ2n) is 6.14. The summed E-state index contributed by atoms with van der Waals surface area (Å²) in [6, 6.07) is 23.4. The minimum atomic E-state index is 0.00605. The molecule has 5 heteroatoms. The van der Waals surface area contributed by atoms with E-state index in [1.54, 1.807) is 17.7 Å². The Hall–Kier alpha value is -3.36. The third kappa shape index (κ3) is 3.23. The number of rotatable bonds is 4. The fourth-order valence-electron chi connectivity index (χ4n) is 3.13. The first kappa shape index (κ1) is 17.1. The van der Waals surface area contributed by atoms with Gasteiger partial charge in [0.2, 0.25) is 0 Å². The lowest BCUT2D eigenvalue weighted by atomic mass is 10.0. The molecule has 4 rings (SSSR count). The number of methoxy groups -OCH3 is 1. The second-order valence-corrected chi connectivity index (χ2v) is 7.14. The lowest BCUT2D eigenvalue weighted by Crippen LogP contribution is -2.13. The fourth-order valence-corrected chi connectivity index (χ4v) is 4.06. The van der Waals surface area contributed by atoms with Crippen LogP contribution in [0.3, 0.4) is 0 Å². The van der Waals surface area contributed by atoms with Gasteiger partial charge in [-0.05, 0) is 47.0 Å². The Bertz CT molecular complexity index is 1210. The molecule has 0 fully saturated rings. The topological polar surface area (TPSA) is 55.0 Å². The quantitative estimate of drug-likeness (QED) is 0.524. The van der Waals surface area contributed by atoms with E-state index in [0.29, 0.717) is 12.1 Å². The highest BCUT2D eigenvalue weighted by Gasteiger charge is 2.11. The predicted octanol–water partition coefficient (Wildman–Crippen LogP) is 4.66. The van der Waals surface area contributed by atoms with Crippen LogP contribution in [0.2, 0.25) is 0 Å². The largest absolute Gasteiger partial charge is 0.497 e. The van der Waals surface area contributed by atoms with Gasteiger partial charge in [0.05, 0.1) is 35.5 Å². The number of fused-ring (bicyclic) bond motifs is 1. The van der Waals surface area contributed by atoms with Crippen molar-refractivity contribution >= 4 is 21.6 Å². The van der Waals surface area contributed by atoms with E-state index in [1.165, 1.54) is 11.3 Å². The number of ether oxygens (including phenoxy) is 1. The van der Waals surface area contributed by atoms with E-state index in [2.05, 4.69) is 6.07 Å². The first-order valence-electron chi connectivity index (χ1n) is 8.45. The summed E-state index contributed by atoms with van der Waals surface area (Å²) in [5.74, 6) is 0.794. The Balaban J connectivity index is 1.75. The zero-order chi connectivity index (χ0) is 18.8. The van der Waals surface area contributed by atoms with Crippen LogP contribution in [0.4, 0.5) is 0 Å². The van der Waals surface area contributed by atoms with Gasteiger partial charge in [-0.1, -0.05) is 47.7 Å². The summed E-state index contributed by atoms with van der Waals surface area (Å²) in [6.45, 7) is 0.511. The molecule has 4 aromatic rings. The highest BCUT2D eigenvalue weighted by molar-refractivity contribution is 7.16. The molecule has 0 saturated heterocycles. The van der Waals surface area contributed by atoms with Crippen molar-refractivity contribution in [3.05, 3.63) is 87.5 Å². The van der Waals surface area contributed by atoms with E-state index in [0.717, 1.165) is 32.7 Å². The molecule has 4 nitrogen and oxygen atoms in total. The summed E-state index contributed by atoms with van der Waals surface area (Å²) in [5.41, 5.74) is 4.39. The lowest BCUT2D eigenvalue weighted by Gasteiger charge is -2.07. The first-order chi connectivity index (χ1) is 13.2. The van der Waals surface area contributed by atoms with Crippen LogP contribution in [0, 0.1) is 11.3 Å². The van der Waals surface area contributed by atoms with Gasteiger partial charge in [-0.15, -0.1) is 0 Å².